The van der Waals surface area contributed by atoms with Crippen molar-refractivity contribution in [3.05, 3.63) is 52.9 Å². The topological polar surface area (TPSA) is 58.2 Å². The second-order valence-electron chi connectivity index (χ2n) is 4.75. The predicted octanol–water partition coefficient (Wildman–Crippen LogP) is 2.90. The van der Waals surface area contributed by atoms with Gasteiger partial charge in [0.25, 0.3) is 10.0 Å². The van der Waals surface area contributed by atoms with Crippen LogP contribution in [0.2, 0.25) is 0 Å². The molecular weight excluding hydrogens is 304 g/mol. The Bertz CT molecular complexity index is 666. The summed E-state index contributed by atoms with van der Waals surface area (Å²) in [5.74, 6) is 0. The van der Waals surface area contributed by atoms with Crippen LogP contribution >= 0.6 is 11.3 Å². The maximum absolute atomic E-state index is 12.4. The van der Waals surface area contributed by atoms with Gasteiger partial charge in [-0.05, 0) is 31.2 Å². The average Bonchev–Trinajstić information content (AvgIpc) is 2.95. The lowest BCUT2D eigenvalue weighted by Crippen LogP contribution is -2.26. The molecule has 2 N–H and O–H groups in total. The number of nitrogens with one attached hydrogen (secondary N) is 2. The van der Waals surface area contributed by atoms with E-state index < -0.39 is 10.0 Å². The molecule has 2 rings (SSSR count). The number of rotatable bonds is 7. The Morgan fingerprint density at radius 1 is 1.14 bits per heavy atom. The molecule has 0 aliphatic heterocycles. The van der Waals surface area contributed by atoms with Gasteiger partial charge in [-0.2, -0.15) is 0 Å². The van der Waals surface area contributed by atoms with E-state index in [9.17, 15) is 8.42 Å². The van der Waals surface area contributed by atoms with E-state index >= 15 is 0 Å². The molecule has 0 fully saturated rings. The molecule has 1 heterocycles. The molecule has 0 bridgehead atoms. The molecular formula is C15H20N2O2S2. The number of hydrogen-bond donors (Lipinski definition) is 2. The van der Waals surface area contributed by atoms with Crippen LogP contribution in [-0.2, 0) is 16.6 Å². The molecule has 0 radical (unpaired) electrons. The molecule has 21 heavy (non-hydrogen) atoms. The maximum Gasteiger partial charge on any atom is 0.250 e. The van der Waals surface area contributed by atoms with Gasteiger partial charge in [-0.3, -0.25) is 0 Å². The molecule has 0 spiro atoms. The third-order valence-corrected chi connectivity index (χ3v) is 6.20. The molecule has 0 amide bonds. The van der Waals surface area contributed by atoms with Gasteiger partial charge in [0, 0.05) is 17.5 Å². The van der Waals surface area contributed by atoms with Crippen molar-refractivity contribution in [3.63, 3.8) is 0 Å². The molecule has 0 aliphatic carbocycles. The van der Waals surface area contributed by atoms with Crippen molar-refractivity contribution in [2.24, 2.45) is 0 Å². The molecule has 114 valence electrons. The van der Waals surface area contributed by atoms with Crippen LogP contribution in [0.3, 0.4) is 0 Å². The molecule has 2 aromatic rings. The Kier molecular flexibility index (Phi) is 5.52. The third-order valence-electron chi connectivity index (χ3n) is 3.08. The predicted molar refractivity (Wildman–Crippen MR) is 86.9 cm³/mol. The van der Waals surface area contributed by atoms with Crippen LogP contribution in [0.4, 0.5) is 0 Å². The van der Waals surface area contributed by atoms with Crippen LogP contribution in [0.1, 0.15) is 30.3 Å². The zero-order valence-electron chi connectivity index (χ0n) is 12.2. The number of benzene rings is 1. The van der Waals surface area contributed by atoms with E-state index in [0.29, 0.717) is 10.8 Å². The van der Waals surface area contributed by atoms with Crippen molar-refractivity contribution < 1.29 is 8.42 Å². The molecule has 1 unspecified atom stereocenters. The van der Waals surface area contributed by atoms with E-state index in [1.54, 1.807) is 6.07 Å². The van der Waals surface area contributed by atoms with Gasteiger partial charge >= 0.3 is 0 Å². The van der Waals surface area contributed by atoms with Gasteiger partial charge in [0.05, 0.1) is 0 Å². The summed E-state index contributed by atoms with van der Waals surface area (Å²) >= 11 is 1.30. The largest absolute Gasteiger partial charge is 0.312 e. The Morgan fingerprint density at radius 2 is 1.86 bits per heavy atom. The SMILES string of the molecule is CCNCc1ccc(S(=O)(=O)NC(C)c2ccccc2)s1. The van der Waals surface area contributed by atoms with Gasteiger partial charge in [0.2, 0.25) is 0 Å². The normalized spacial score (nSPS) is 13.2. The monoisotopic (exact) mass is 324 g/mol. The van der Waals surface area contributed by atoms with Crippen molar-refractivity contribution in [1.82, 2.24) is 10.0 Å². The van der Waals surface area contributed by atoms with Crippen molar-refractivity contribution in [2.75, 3.05) is 6.54 Å². The van der Waals surface area contributed by atoms with Crippen LogP contribution in [0.5, 0.6) is 0 Å². The molecule has 1 aromatic carbocycles. The Balaban J connectivity index is 2.09. The summed E-state index contributed by atoms with van der Waals surface area (Å²) in [6, 6.07) is 12.8. The maximum atomic E-state index is 12.4. The molecule has 1 atom stereocenters. The van der Waals surface area contributed by atoms with E-state index in [0.717, 1.165) is 17.0 Å². The van der Waals surface area contributed by atoms with Gasteiger partial charge in [-0.25, -0.2) is 13.1 Å². The Hall–Kier alpha value is -1.21. The highest BCUT2D eigenvalue weighted by molar-refractivity contribution is 7.91. The summed E-state index contributed by atoms with van der Waals surface area (Å²) in [4.78, 5) is 1.02. The molecule has 0 saturated carbocycles. The highest BCUT2D eigenvalue weighted by Crippen LogP contribution is 2.23. The van der Waals surface area contributed by atoms with Gasteiger partial charge in [0.1, 0.15) is 4.21 Å². The standard InChI is InChI=1S/C15H20N2O2S2/c1-3-16-11-14-9-10-15(20-14)21(18,19)17-12(2)13-7-5-4-6-8-13/h4-10,12,16-17H,3,11H2,1-2H3. The first-order valence-corrected chi connectivity index (χ1v) is 9.19. The molecule has 0 aliphatic rings. The minimum absolute atomic E-state index is 0.254. The second-order valence-corrected chi connectivity index (χ2v) is 7.86. The molecule has 1 aromatic heterocycles. The Labute approximate surface area is 130 Å². The van der Waals surface area contributed by atoms with Crippen LogP contribution in [0.25, 0.3) is 0 Å². The number of thiophene rings is 1. The zero-order chi connectivity index (χ0) is 15.3. The number of sulfonamides is 1. The lowest BCUT2D eigenvalue weighted by atomic mass is 10.1. The van der Waals surface area contributed by atoms with Crippen molar-refractivity contribution >= 4 is 21.4 Å². The van der Waals surface area contributed by atoms with Gasteiger partial charge in [0.15, 0.2) is 0 Å². The van der Waals surface area contributed by atoms with Gasteiger partial charge in [-0.1, -0.05) is 37.3 Å². The van der Waals surface area contributed by atoms with E-state index in [2.05, 4.69) is 10.0 Å². The zero-order valence-corrected chi connectivity index (χ0v) is 13.8. The first-order chi connectivity index (χ1) is 10.0. The van der Waals surface area contributed by atoms with Crippen LogP contribution in [0, 0.1) is 0 Å². The van der Waals surface area contributed by atoms with Crippen molar-refractivity contribution in [1.29, 1.82) is 0 Å². The minimum atomic E-state index is -3.47. The fraction of sp³-hybridized carbons (Fsp3) is 0.333. The van der Waals surface area contributed by atoms with Gasteiger partial charge in [-0.15, -0.1) is 11.3 Å². The third kappa shape index (κ3) is 4.38. The molecule has 0 saturated heterocycles. The lowest BCUT2D eigenvalue weighted by molar-refractivity contribution is 0.569. The minimum Gasteiger partial charge on any atom is -0.312 e. The van der Waals surface area contributed by atoms with Crippen LogP contribution in [0.15, 0.2) is 46.7 Å². The van der Waals surface area contributed by atoms with E-state index in [1.807, 2.05) is 50.2 Å². The number of hydrogen-bond acceptors (Lipinski definition) is 4. The fourth-order valence-electron chi connectivity index (χ4n) is 1.95. The van der Waals surface area contributed by atoms with E-state index in [4.69, 9.17) is 0 Å². The second kappa shape index (κ2) is 7.17. The summed E-state index contributed by atoms with van der Waals surface area (Å²) in [5, 5.41) is 3.19. The summed E-state index contributed by atoms with van der Waals surface area (Å²) in [7, 11) is -3.47. The first-order valence-electron chi connectivity index (χ1n) is 6.89. The summed E-state index contributed by atoms with van der Waals surface area (Å²) in [6.07, 6.45) is 0. The van der Waals surface area contributed by atoms with E-state index in [1.165, 1.54) is 11.3 Å². The van der Waals surface area contributed by atoms with Crippen LogP contribution in [-0.4, -0.2) is 15.0 Å². The van der Waals surface area contributed by atoms with Crippen molar-refractivity contribution in [3.8, 4) is 0 Å². The lowest BCUT2D eigenvalue weighted by Gasteiger charge is -2.13. The van der Waals surface area contributed by atoms with Gasteiger partial charge < -0.3 is 5.32 Å². The Morgan fingerprint density at radius 3 is 2.52 bits per heavy atom. The molecule has 4 nitrogen and oxygen atoms in total. The smallest absolute Gasteiger partial charge is 0.250 e. The molecule has 6 heteroatoms. The summed E-state index contributed by atoms with van der Waals surface area (Å²) < 4.78 is 27.8. The van der Waals surface area contributed by atoms with E-state index in [-0.39, 0.29) is 6.04 Å². The highest BCUT2D eigenvalue weighted by Gasteiger charge is 2.20. The summed E-state index contributed by atoms with van der Waals surface area (Å²) in [5.41, 5.74) is 0.950. The highest BCUT2D eigenvalue weighted by atomic mass is 32.2. The first kappa shape index (κ1) is 16.2. The fourth-order valence-corrected chi connectivity index (χ4v) is 4.52. The quantitative estimate of drug-likeness (QED) is 0.823. The average molecular weight is 324 g/mol. The van der Waals surface area contributed by atoms with Crippen molar-refractivity contribution in [2.45, 2.75) is 30.6 Å². The summed E-state index contributed by atoms with van der Waals surface area (Å²) in [6.45, 7) is 5.43. The van der Waals surface area contributed by atoms with Crippen LogP contribution < -0.4 is 10.0 Å².